The highest BCUT2D eigenvalue weighted by Crippen LogP contribution is 2.30. The van der Waals surface area contributed by atoms with E-state index in [1.807, 2.05) is 13.0 Å². The molecule has 0 aliphatic rings. The van der Waals surface area contributed by atoms with Crippen LogP contribution in [0, 0.1) is 18.6 Å². The first kappa shape index (κ1) is 15.4. The summed E-state index contributed by atoms with van der Waals surface area (Å²) in [7, 11) is 1.71. The molecule has 0 saturated carbocycles. The Labute approximate surface area is 130 Å². The highest BCUT2D eigenvalue weighted by atomic mass is 79.9. The molecular weight excluding hydrogens is 348 g/mol. The van der Waals surface area contributed by atoms with Gasteiger partial charge in [-0.3, -0.25) is 0 Å². The summed E-state index contributed by atoms with van der Waals surface area (Å²) >= 11 is 8.91. The van der Waals surface area contributed by atoms with Crippen LogP contribution in [0.5, 0.6) is 0 Å². The van der Waals surface area contributed by atoms with Gasteiger partial charge < -0.3 is 5.32 Å². The van der Waals surface area contributed by atoms with Gasteiger partial charge in [-0.25, -0.2) is 8.78 Å². The Morgan fingerprint density at radius 3 is 2.40 bits per heavy atom. The van der Waals surface area contributed by atoms with Crippen LogP contribution in [0.4, 0.5) is 8.78 Å². The molecule has 0 heterocycles. The van der Waals surface area contributed by atoms with E-state index in [1.165, 1.54) is 6.07 Å². The second-order valence-electron chi connectivity index (χ2n) is 4.51. The summed E-state index contributed by atoms with van der Waals surface area (Å²) < 4.78 is 27.9. The average molecular weight is 361 g/mol. The lowest BCUT2D eigenvalue weighted by atomic mass is 9.94. The molecule has 0 fully saturated rings. The summed E-state index contributed by atoms with van der Waals surface area (Å²) in [6.45, 7) is 1.89. The normalized spacial score (nSPS) is 12.5. The molecular formula is C15H13BrClF2N. The van der Waals surface area contributed by atoms with Crippen molar-refractivity contribution in [3.8, 4) is 0 Å². The minimum absolute atomic E-state index is 0.112. The number of halogens is 4. The van der Waals surface area contributed by atoms with E-state index in [2.05, 4.69) is 21.2 Å². The largest absolute Gasteiger partial charge is 0.309 e. The Kier molecular flexibility index (Phi) is 4.78. The third-order valence-corrected chi connectivity index (χ3v) is 4.02. The molecule has 0 saturated heterocycles. The average Bonchev–Trinajstić information content (AvgIpc) is 2.38. The minimum Gasteiger partial charge on any atom is -0.309 e. The lowest BCUT2D eigenvalue weighted by molar-refractivity contribution is 0.554. The van der Waals surface area contributed by atoms with Crippen LogP contribution in [0.3, 0.4) is 0 Å². The second-order valence-corrected chi connectivity index (χ2v) is 5.80. The van der Waals surface area contributed by atoms with Crippen LogP contribution in [-0.2, 0) is 0 Å². The number of benzene rings is 2. The Morgan fingerprint density at radius 1 is 1.10 bits per heavy atom. The van der Waals surface area contributed by atoms with Crippen molar-refractivity contribution in [2.45, 2.75) is 13.0 Å². The molecule has 20 heavy (non-hydrogen) atoms. The van der Waals surface area contributed by atoms with Crippen molar-refractivity contribution in [3.05, 3.63) is 68.2 Å². The lowest BCUT2D eigenvalue weighted by Gasteiger charge is -2.20. The van der Waals surface area contributed by atoms with Crippen molar-refractivity contribution in [1.29, 1.82) is 0 Å². The van der Waals surface area contributed by atoms with Crippen LogP contribution in [0.2, 0.25) is 5.02 Å². The van der Waals surface area contributed by atoms with E-state index >= 15 is 0 Å². The van der Waals surface area contributed by atoms with E-state index < -0.39 is 17.7 Å². The fourth-order valence-electron chi connectivity index (χ4n) is 2.20. The van der Waals surface area contributed by atoms with Crippen LogP contribution in [0.15, 0.2) is 34.8 Å². The molecule has 2 rings (SSSR count). The van der Waals surface area contributed by atoms with Gasteiger partial charge in [0.15, 0.2) is 0 Å². The van der Waals surface area contributed by atoms with E-state index in [1.54, 1.807) is 19.2 Å². The van der Waals surface area contributed by atoms with Crippen LogP contribution in [0.25, 0.3) is 0 Å². The van der Waals surface area contributed by atoms with Crippen LogP contribution in [-0.4, -0.2) is 7.05 Å². The van der Waals surface area contributed by atoms with Crippen molar-refractivity contribution < 1.29 is 8.78 Å². The molecule has 0 aliphatic heterocycles. The van der Waals surface area contributed by atoms with Gasteiger partial charge in [0, 0.05) is 10.6 Å². The van der Waals surface area contributed by atoms with Crippen molar-refractivity contribution in [2.24, 2.45) is 0 Å². The molecule has 0 aromatic heterocycles. The Morgan fingerprint density at radius 2 is 1.80 bits per heavy atom. The van der Waals surface area contributed by atoms with Gasteiger partial charge in [0.2, 0.25) is 0 Å². The number of nitrogens with one attached hydrogen (secondary N) is 1. The summed E-state index contributed by atoms with van der Waals surface area (Å²) in [6, 6.07) is 7.26. The fraction of sp³-hybridized carbons (Fsp3) is 0.200. The Balaban J connectivity index is 2.55. The van der Waals surface area contributed by atoms with Gasteiger partial charge in [-0.2, -0.15) is 0 Å². The van der Waals surface area contributed by atoms with Crippen LogP contribution < -0.4 is 5.32 Å². The monoisotopic (exact) mass is 359 g/mol. The van der Waals surface area contributed by atoms with E-state index in [9.17, 15) is 8.78 Å². The van der Waals surface area contributed by atoms with Gasteiger partial charge in [0.05, 0.1) is 10.5 Å². The highest BCUT2D eigenvalue weighted by Gasteiger charge is 2.20. The molecule has 0 radical (unpaired) electrons. The molecule has 1 N–H and O–H groups in total. The molecule has 1 atom stereocenters. The van der Waals surface area contributed by atoms with Gasteiger partial charge in [0.25, 0.3) is 0 Å². The summed E-state index contributed by atoms with van der Waals surface area (Å²) in [5, 5.41) is 3.63. The summed E-state index contributed by atoms with van der Waals surface area (Å²) in [6.07, 6.45) is 0. The molecule has 0 amide bonds. The molecule has 0 bridgehead atoms. The number of hydrogen-bond acceptors (Lipinski definition) is 1. The zero-order valence-electron chi connectivity index (χ0n) is 11.0. The zero-order chi connectivity index (χ0) is 14.9. The maximum atomic E-state index is 14.1. The lowest BCUT2D eigenvalue weighted by Crippen LogP contribution is -2.20. The summed E-state index contributed by atoms with van der Waals surface area (Å²) in [5.41, 5.74) is 2.04. The summed E-state index contributed by atoms with van der Waals surface area (Å²) in [5.74, 6) is -0.958. The number of hydrogen-bond donors (Lipinski definition) is 1. The molecule has 2 aromatic rings. The number of aryl methyl sites for hydroxylation is 1. The molecule has 0 spiro atoms. The van der Waals surface area contributed by atoms with Gasteiger partial charge in [-0.15, -0.1) is 0 Å². The minimum atomic E-state index is -0.492. The predicted molar refractivity (Wildman–Crippen MR) is 81.1 cm³/mol. The van der Waals surface area contributed by atoms with E-state index in [0.29, 0.717) is 5.02 Å². The fourth-order valence-corrected chi connectivity index (χ4v) is 2.74. The molecule has 5 heteroatoms. The SMILES string of the molecule is CNC(c1ccc(Cl)cc1C)c1cc(F)c(Br)cc1F. The third kappa shape index (κ3) is 3.03. The molecule has 0 aliphatic carbocycles. The maximum absolute atomic E-state index is 14.1. The third-order valence-electron chi connectivity index (χ3n) is 3.18. The van der Waals surface area contributed by atoms with E-state index in [-0.39, 0.29) is 10.0 Å². The topological polar surface area (TPSA) is 12.0 Å². The maximum Gasteiger partial charge on any atom is 0.137 e. The summed E-state index contributed by atoms with van der Waals surface area (Å²) in [4.78, 5) is 0. The van der Waals surface area contributed by atoms with Crippen molar-refractivity contribution in [3.63, 3.8) is 0 Å². The number of rotatable bonds is 3. The van der Waals surface area contributed by atoms with Crippen LogP contribution >= 0.6 is 27.5 Å². The molecule has 2 aromatic carbocycles. The first-order chi connectivity index (χ1) is 9.43. The van der Waals surface area contributed by atoms with E-state index in [4.69, 9.17) is 11.6 Å². The van der Waals surface area contributed by atoms with Crippen LogP contribution in [0.1, 0.15) is 22.7 Å². The van der Waals surface area contributed by atoms with Gasteiger partial charge in [0.1, 0.15) is 11.6 Å². The van der Waals surface area contributed by atoms with Crippen molar-refractivity contribution in [1.82, 2.24) is 5.32 Å². The first-order valence-electron chi connectivity index (χ1n) is 6.01. The van der Waals surface area contributed by atoms with Gasteiger partial charge >= 0.3 is 0 Å². The Hall–Kier alpha value is -0.970. The van der Waals surface area contributed by atoms with Crippen molar-refractivity contribution >= 4 is 27.5 Å². The molecule has 1 unspecified atom stereocenters. The second kappa shape index (κ2) is 6.20. The first-order valence-corrected chi connectivity index (χ1v) is 7.19. The van der Waals surface area contributed by atoms with Gasteiger partial charge in [-0.1, -0.05) is 17.7 Å². The smallest absolute Gasteiger partial charge is 0.137 e. The Bertz CT molecular complexity index is 646. The standard InChI is InChI=1S/C15H13BrClF2N/c1-8-5-9(17)3-4-10(8)15(20-2)11-6-14(19)12(16)7-13(11)18/h3-7,15,20H,1-2H3. The quantitative estimate of drug-likeness (QED) is 0.760. The molecule has 106 valence electrons. The predicted octanol–water partition coefficient (Wildman–Crippen LogP) is 5.00. The van der Waals surface area contributed by atoms with Crippen molar-refractivity contribution in [2.75, 3.05) is 7.05 Å². The zero-order valence-corrected chi connectivity index (χ0v) is 13.3. The molecule has 1 nitrogen and oxygen atoms in total. The van der Waals surface area contributed by atoms with E-state index in [0.717, 1.165) is 17.2 Å². The van der Waals surface area contributed by atoms with Gasteiger partial charge in [-0.05, 0) is 65.3 Å². The highest BCUT2D eigenvalue weighted by molar-refractivity contribution is 9.10.